The van der Waals surface area contributed by atoms with Crippen molar-refractivity contribution in [3.05, 3.63) is 113 Å². The second kappa shape index (κ2) is 8.03. The topological polar surface area (TPSA) is 69.7 Å². The quantitative estimate of drug-likeness (QED) is 0.479. The van der Waals surface area contributed by atoms with Crippen molar-refractivity contribution in [3.8, 4) is 0 Å². The van der Waals surface area contributed by atoms with E-state index in [1.54, 1.807) is 54.6 Å². The predicted octanol–water partition coefficient (Wildman–Crippen LogP) is 3.97. The summed E-state index contributed by atoms with van der Waals surface area (Å²) < 4.78 is 10.3. The molecular weight excluding hydrogens is 392 g/mol. The summed E-state index contributed by atoms with van der Waals surface area (Å²) in [5.74, 6) is -2.13. The number of fused-ring (bicyclic) bond motifs is 1. The van der Waals surface area contributed by atoms with Crippen molar-refractivity contribution in [2.24, 2.45) is 0 Å². The first-order chi connectivity index (χ1) is 15.1. The molecule has 5 nitrogen and oxygen atoms in total. The second-order valence-electron chi connectivity index (χ2n) is 7.09. The Morgan fingerprint density at radius 3 is 1.84 bits per heavy atom. The van der Waals surface area contributed by atoms with Gasteiger partial charge in [-0.15, -0.1) is 0 Å². The molecule has 0 unspecified atom stereocenters. The number of hydrogen-bond donors (Lipinski definition) is 0. The highest BCUT2D eigenvalue weighted by Gasteiger charge is 2.58. The van der Waals surface area contributed by atoms with E-state index in [1.807, 2.05) is 30.3 Å². The van der Waals surface area contributed by atoms with Crippen LogP contribution in [0.5, 0.6) is 0 Å². The Morgan fingerprint density at radius 1 is 0.710 bits per heavy atom. The van der Waals surface area contributed by atoms with E-state index >= 15 is 0 Å². The van der Waals surface area contributed by atoms with E-state index in [2.05, 4.69) is 0 Å². The molecule has 31 heavy (non-hydrogen) atoms. The van der Waals surface area contributed by atoms with Crippen molar-refractivity contribution < 1.29 is 23.9 Å². The van der Waals surface area contributed by atoms with Crippen LogP contribution in [0.1, 0.15) is 27.0 Å². The number of methoxy groups -OCH3 is 2. The third-order valence-electron chi connectivity index (χ3n) is 5.56. The van der Waals surface area contributed by atoms with E-state index < -0.39 is 23.1 Å². The molecule has 3 aromatic carbocycles. The van der Waals surface area contributed by atoms with Gasteiger partial charge in [-0.1, -0.05) is 84.9 Å². The third kappa shape index (κ3) is 2.97. The highest BCUT2D eigenvalue weighted by Crippen LogP contribution is 2.48. The van der Waals surface area contributed by atoms with E-state index in [0.717, 1.165) is 0 Å². The minimum atomic E-state index is -2.00. The second-order valence-corrected chi connectivity index (χ2v) is 7.09. The summed E-state index contributed by atoms with van der Waals surface area (Å²) in [6.07, 6.45) is 0. The monoisotopic (exact) mass is 412 g/mol. The van der Waals surface area contributed by atoms with Gasteiger partial charge in [-0.2, -0.15) is 0 Å². The molecule has 0 fully saturated rings. The average molecular weight is 412 g/mol. The van der Waals surface area contributed by atoms with E-state index in [9.17, 15) is 14.4 Å². The van der Waals surface area contributed by atoms with Crippen molar-refractivity contribution in [2.45, 2.75) is 5.41 Å². The van der Waals surface area contributed by atoms with Gasteiger partial charge in [0, 0.05) is 11.1 Å². The molecule has 0 saturated carbocycles. The summed E-state index contributed by atoms with van der Waals surface area (Å²) in [5.41, 5.74) is 0.350. The van der Waals surface area contributed by atoms with Crippen LogP contribution in [0.4, 0.5) is 0 Å². The molecule has 5 heteroatoms. The molecule has 4 rings (SSSR count). The van der Waals surface area contributed by atoms with Crippen LogP contribution < -0.4 is 0 Å². The van der Waals surface area contributed by atoms with Gasteiger partial charge in [-0.25, -0.2) is 4.79 Å². The van der Waals surface area contributed by atoms with Crippen LogP contribution in [0.2, 0.25) is 0 Å². The van der Waals surface area contributed by atoms with Gasteiger partial charge in [0.25, 0.3) is 0 Å². The van der Waals surface area contributed by atoms with Gasteiger partial charge < -0.3 is 9.47 Å². The molecule has 0 radical (unpaired) electrons. The number of benzene rings is 3. The van der Waals surface area contributed by atoms with Gasteiger partial charge in [-0.3, -0.25) is 9.59 Å². The fourth-order valence-corrected chi connectivity index (χ4v) is 4.23. The van der Waals surface area contributed by atoms with E-state index in [0.29, 0.717) is 27.8 Å². The van der Waals surface area contributed by atoms with Crippen molar-refractivity contribution in [2.75, 3.05) is 14.2 Å². The fraction of sp³-hybridized carbons (Fsp3) is 0.115. The SMILES string of the molecule is COC(=O)C1=C(c2ccccc2)c2ccccc2C(=O)[C@]1(C(=O)OC)c1ccccc1. The van der Waals surface area contributed by atoms with Crippen molar-refractivity contribution in [1.82, 2.24) is 0 Å². The number of hydrogen-bond acceptors (Lipinski definition) is 5. The summed E-state index contributed by atoms with van der Waals surface area (Å²) in [7, 11) is 2.44. The van der Waals surface area contributed by atoms with Gasteiger partial charge in [0.1, 0.15) is 0 Å². The number of carbonyl (C=O) groups is 3. The molecule has 1 atom stereocenters. The van der Waals surface area contributed by atoms with Crippen molar-refractivity contribution >= 4 is 23.3 Å². The molecule has 1 aliphatic rings. The maximum Gasteiger partial charge on any atom is 0.336 e. The van der Waals surface area contributed by atoms with Crippen molar-refractivity contribution in [3.63, 3.8) is 0 Å². The van der Waals surface area contributed by atoms with Gasteiger partial charge >= 0.3 is 11.9 Å². The van der Waals surface area contributed by atoms with Crippen LogP contribution in [0.3, 0.4) is 0 Å². The lowest BCUT2D eigenvalue weighted by molar-refractivity contribution is -0.147. The average Bonchev–Trinajstić information content (AvgIpc) is 2.84. The summed E-state index contributed by atoms with van der Waals surface area (Å²) in [6.45, 7) is 0. The van der Waals surface area contributed by atoms with Gasteiger partial charge in [0.2, 0.25) is 0 Å². The summed E-state index contributed by atoms with van der Waals surface area (Å²) >= 11 is 0. The normalized spacial score (nSPS) is 17.7. The van der Waals surface area contributed by atoms with E-state index in [-0.39, 0.29) is 5.57 Å². The van der Waals surface area contributed by atoms with E-state index in [1.165, 1.54) is 14.2 Å². The fourth-order valence-electron chi connectivity index (χ4n) is 4.23. The number of esters is 2. The van der Waals surface area contributed by atoms with Crippen LogP contribution in [-0.4, -0.2) is 31.9 Å². The Bertz CT molecular complexity index is 1190. The molecule has 0 amide bonds. The number of Topliss-reactive ketones (excluding diaryl/α,β-unsaturated/α-hetero) is 1. The maximum absolute atomic E-state index is 14.0. The van der Waals surface area contributed by atoms with Crippen LogP contribution >= 0.6 is 0 Å². The smallest absolute Gasteiger partial charge is 0.336 e. The third-order valence-corrected chi connectivity index (χ3v) is 5.56. The van der Waals surface area contributed by atoms with E-state index in [4.69, 9.17) is 9.47 Å². The Labute approximate surface area is 179 Å². The minimum Gasteiger partial charge on any atom is -0.468 e. The van der Waals surface area contributed by atoms with Gasteiger partial charge in [0.15, 0.2) is 11.2 Å². The van der Waals surface area contributed by atoms with Crippen LogP contribution in [0.15, 0.2) is 90.5 Å². The van der Waals surface area contributed by atoms with Crippen LogP contribution in [0, 0.1) is 0 Å². The zero-order valence-electron chi connectivity index (χ0n) is 17.1. The molecule has 0 heterocycles. The van der Waals surface area contributed by atoms with Gasteiger partial charge in [-0.05, 0) is 16.7 Å². The standard InChI is InChI=1S/C26H20O5/c1-30-24(28)22-21(17-11-5-3-6-12-17)19-15-9-10-16-20(19)23(27)26(22,25(29)31-2)18-13-7-4-8-14-18/h3-16H,1-2H3/t26-/m0/s1. The first-order valence-corrected chi connectivity index (χ1v) is 9.74. The number of rotatable bonds is 4. The molecular formula is C26H20O5. The van der Waals surface area contributed by atoms with Gasteiger partial charge in [0.05, 0.1) is 19.8 Å². The van der Waals surface area contributed by atoms with Crippen LogP contribution in [-0.2, 0) is 24.5 Å². The Hall–Kier alpha value is -3.99. The summed E-state index contributed by atoms with van der Waals surface area (Å²) in [5, 5.41) is 0. The summed E-state index contributed by atoms with van der Waals surface area (Å²) in [4.78, 5) is 40.7. The molecule has 154 valence electrons. The Morgan fingerprint density at radius 2 is 1.26 bits per heavy atom. The largest absolute Gasteiger partial charge is 0.468 e. The predicted molar refractivity (Wildman–Crippen MR) is 115 cm³/mol. The number of ether oxygens (including phenoxy) is 2. The minimum absolute atomic E-state index is 0.0528. The zero-order chi connectivity index (χ0) is 22.0. The number of carbonyl (C=O) groups excluding carboxylic acids is 3. The lowest BCUT2D eigenvalue weighted by atomic mass is 9.62. The lowest BCUT2D eigenvalue weighted by Gasteiger charge is -2.37. The van der Waals surface area contributed by atoms with Crippen LogP contribution in [0.25, 0.3) is 5.57 Å². The maximum atomic E-state index is 14.0. The molecule has 0 N–H and O–H groups in total. The molecule has 1 aliphatic carbocycles. The molecule has 3 aromatic rings. The number of ketones is 1. The molecule has 0 bridgehead atoms. The molecule has 0 spiro atoms. The van der Waals surface area contributed by atoms with Crippen molar-refractivity contribution in [1.29, 1.82) is 0 Å². The Kier molecular flexibility index (Phi) is 5.26. The lowest BCUT2D eigenvalue weighted by Crippen LogP contribution is -2.51. The first-order valence-electron chi connectivity index (χ1n) is 9.74. The Balaban J connectivity index is 2.25. The molecule has 0 aliphatic heterocycles. The molecule has 0 aromatic heterocycles. The first kappa shape index (κ1) is 20.3. The molecule has 0 saturated heterocycles. The highest BCUT2D eigenvalue weighted by atomic mass is 16.5. The highest BCUT2D eigenvalue weighted by molar-refractivity contribution is 6.30. The summed E-state index contributed by atoms with van der Waals surface area (Å²) in [6, 6.07) is 24.6. The zero-order valence-corrected chi connectivity index (χ0v) is 17.1.